The number of pyridine rings is 1. The lowest BCUT2D eigenvalue weighted by molar-refractivity contribution is 0.108. The number of likely N-dealkylation sites (N-methyl/N-ethyl adjacent to an activating group) is 1. The molecule has 1 aromatic rings. The predicted molar refractivity (Wildman–Crippen MR) is 64.9 cm³/mol. The molecule has 0 spiro atoms. The summed E-state index contributed by atoms with van der Waals surface area (Å²) in [5, 5.41) is 9.40. The van der Waals surface area contributed by atoms with Crippen molar-refractivity contribution in [1.82, 2.24) is 9.88 Å². The van der Waals surface area contributed by atoms with Crippen molar-refractivity contribution in [3.05, 3.63) is 30.1 Å². The van der Waals surface area contributed by atoms with E-state index in [0.717, 1.165) is 5.69 Å². The molecule has 90 valence electrons. The first-order valence-electron chi connectivity index (χ1n) is 5.57. The van der Waals surface area contributed by atoms with Crippen LogP contribution in [0.1, 0.15) is 25.6 Å². The number of rotatable bonds is 5. The molecule has 0 aliphatic rings. The Balaban J connectivity index is 2.83. The first-order chi connectivity index (χ1) is 7.52. The molecule has 4 nitrogen and oxygen atoms in total. The zero-order valence-corrected chi connectivity index (χ0v) is 10.2. The van der Waals surface area contributed by atoms with E-state index in [1.165, 1.54) is 0 Å². The van der Waals surface area contributed by atoms with Crippen LogP contribution in [0.2, 0.25) is 0 Å². The normalized spacial score (nSPS) is 17.1. The predicted octanol–water partition coefficient (Wildman–Crippen LogP) is 0.783. The molecule has 0 saturated heterocycles. The van der Waals surface area contributed by atoms with E-state index in [1.54, 1.807) is 13.1 Å². The number of hydrogen-bond donors (Lipinski definition) is 2. The van der Waals surface area contributed by atoms with Gasteiger partial charge in [0.2, 0.25) is 0 Å². The molecule has 16 heavy (non-hydrogen) atoms. The largest absolute Gasteiger partial charge is 0.392 e. The van der Waals surface area contributed by atoms with Gasteiger partial charge < -0.3 is 10.8 Å². The number of aliphatic hydroxyl groups excluding tert-OH is 1. The topological polar surface area (TPSA) is 62.4 Å². The molecule has 0 aromatic carbocycles. The molecular weight excluding hydrogens is 202 g/mol. The average molecular weight is 223 g/mol. The van der Waals surface area contributed by atoms with Crippen molar-refractivity contribution in [1.29, 1.82) is 0 Å². The second kappa shape index (κ2) is 5.94. The van der Waals surface area contributed by atoms with Gasteiger partial charge in [-0.05, 0) is 33.0 Å². The van der Waals surface area contributed by atoms with Crippen LogP contribution in [0.4, 0.5) is 0 Å². The van der Waals surface area contributed by atoms with Gasteiger partial charge in [0.1, 0.15) is 0 Å². The molecule has 0 bridgehead atoms. The summed E-state index contributed by atoms with van der Waals surface area (Å²) in [5.41, 5.74) is 6.93. The Morgan fingerprint density at radius 2 is 2.12 bits per heavy atom. The van der Waals surface area contributed by atoms with Gasteiger partial charge >= 0.3 is 0 Å². The molecule has 3 unspecified atom stereocenters. The molecular formula is C12H21N3O. The van der Waals surface area contributed by atoms with Gasteiger partial charge in [0, 0.05) is 18.8 Å². The lowest BCUT2D eigenvalue weighted by Crippen LogP contribution is -2.40. The summed E-state index contributed by atoms with van der Waals surface area (Å²) in [6.07, 6.45) is 1.40. The van der Waals surface area contributed by atoms with Crippen molar-refractivity contribution < 1.29 is 5.11 Å². The van der Waals surface area contributed by atoms with Crippen LogP contribution in [0.15, 0.2) is 24.4 Å². The highest BCUT2D eigenvalue weighted by molar-refractivity contribution is 5.10. The van der Waals surface area contributed by atoms with Gasteiger partial charge in [0.05, 0.1) is 17.8 Å². The molecule has 3 N–H and O–H groups in total. The molecule has 0 aliphatic carbocycles. The summed E-state index contributed by atoms with van der Waals surface area (Å²) in [7, 11) is 1.95. The number of aromatic nitrogens is 1. The average Bonchev–Trinajstić information content (AvgIpc) is 2.17. The Bertz CT molecular complexity index is 300. The van der Waals surface area contributed by atoms with Crippen LogP contribution in [-0.2, 0) is 0 Å². The fourth-order valence-electron chi connectivity index (χ4n) is 1.98. The zero-order valence-electron chi connectivity index (χ0n) is 10.2. The first-order valence-corrected chi connectivity index (χ1v) is 5.57. The monoisotopic (exact) mass is 223 g/mol. The van der Waals surface area contributed by atoms with Crippen molar-refractivity contribution in [2.75, 3.05) is 13.6 Å². The van der Waals surface area contributed by atoms with Gasteiger partial charge in [0.15, 0.2) is 0 Å². The molecule has 0 aliphatic heterocycles. The third-order valence-electron chi connectivity index (χ3n) is 2.52. The SMILES string of the molecule is CC(O)CN(C)C(c1ccccn1)C(C)N. The molecule has 0 amide bonds. The number of aliphatic hydroxyl groups is 1. The van der Waals surface area contributed by atoms with E-state index < -0.39 is 0 Å². The minimum Gasteiger partial charge on any atom is -0.392 e. The Kier molecular flexibility index (Phi) is 4.86. The lowest BCUT2D eigenvalue weighted by Gasteiger charge is -2.31. The van der Waals surface area contributed by atoms with E-state index in [2.05, 4.69) is 4.98 Å². The third-order valence-corrected chi connectivity index (χ3v) is 2.52. The lowest BCUT2D eigenvalue weighted by atomic mass is 10.0. The quantitative estimate of drug-likeness (QED) is 0.774. The van der Waals surface area contributed by atoms with E-state index in [9.17, 15) is 5.11 Å². The van der Waals surface area contributed by atoms with E-state index in [-0.39, 0.29) is 18.2 Å². The van der Waals surface area contributed by atoms with Gasteiger partial charge in [-0.15, -0.1) is 0 Å². The van der Waals surface area contributed by atoms with Crippen LogP contribution in [0.3, 0.4) is 0 Å². The molecule has 3 atom stereocenters. The van der Waals surface area contributed by atoms with Crippen LogP contribution in [0.25, 0.3) is 0 Å². The summed E-state index contributed by atoms with van der Waals surface area (Å²) < 4.78 is 0. The van der Waals surface area contributed by atoms with Crippen LogP contribution in [0, 0.1) is 0 Å². The van der Waals surface area contributed by atoms with Crippen molar-refractivity contribution in [2.24, 2.45) is 5.73 Å². The molecule has 1 aromatic heterocycles. The van der Waals surface area contributed by atoms with Crippen LogP contribution < -0.4 is 5.73 Å². The van der Waals surface area contributed by atoms with E-state index in [0.29, 0.717) is 6.54 Å². The molecule has 0 fully saturated rings. The summed E-state index contributed by atoms with van der Waals surface area (Å²) in [6.45, 7) is 4.31. The Morgan fingerprint density at radius 1 is 1.44 bits per heavy atom. The fraction of sp³-hybridized carbons (Fsp3) is 0.583. The Morgan fingerprint density at radius 3 is 2.56 bits per heavy atom. The van der Waals surface area contributed by atoms with E-state index >= 15 is 0 Å². The smallest absolute Gasteiger partial charge is 0.0669 e. The van der Waals surface area contributed by atoms with Crippen molar-refractivity contribution in [3.63, 3.8) is 0 Å². The van der Waals surface area contributed by atoms with Crippen LogP contribution in [0.5, 0.6) is 0 Å². The number of nitrogens with zero attached hydrogens (tertiary/aromatic N) is 2. The van der Waals surface area contributed by atoms with E-state index in [1.807, 2.05) is 37.1 Å². The first kappa shape index (κ1) is 13.1. The van der Waals surface area contributed by atoms with Gasteiger partial charge in [-0.3, -0.25) is 9.88 Å². The van der Waals surface area contributed by atoms with Gasteiger partial charge in [0.25, 0.3) is 0 Å². The minimum absolute atomic E-state index is 0.0290. The minimum atomic E-state index is -0.366. The zero-order chi connectivity index (χ0) is 12.1. The van der Waals surface area contributed by atoms with Gasteiger partial charge in [-0.25, -0.2) is 0 Å². The third kappa shape index (κ3) is 3.56. The van der Waals surface area contributed by atoms with Gasteiger partial charge in [-0.2, -0.15) is 0 Å². The standard InChI is InChI=1S/C12H21N3O/c1-9(16)8-15(3)12(10(2)13)11-6-4-5-7-14-11/h4-7,9-10,12,16H,8,13H2,1-3H3. The summed E-state index contributed by atoms with van der Waals surface area (Å²) in [6, 6.07) is 5.81. The number of nitrogens with two attached hydrogens (primary N) is 1. The Labute approximate surface area is 97.1 Å². The summed E-state index contributed by atoms with van der Waals surface area (Å²) >= 11 is 0. The van der Waals surface area contributed by atoms with Crippen molar-refractivity contribution in [2.45, 2.75) is 32.0 Å². The maximum Gasteiger partial charge on any atom is 0.0669 e. The maximum atomic E-state index is 9.40. The second-order valence-electron chi connectivity index (χ2n) is 4.35. The molecule has 1 heterocycles. The Hall–Kier alpha value is -0.970. The molecule has 0 saturated carbocycles. The van der Waals surface area contributed by atoms with Crippen LogP contribution >= 0.6 is 0 Å². The second-order valence-corrected chi connectivity index (χ2v) is 4.35. The highest BCUT2D eigenvalue weighted by Crippen LogP contribution is 2.19. The number of hydrogen-bond acceptors (Lipinski definition) is 4. The van der Waals surface area contributed by atoms with E-state index in [4.69, 9.17) is 5.73 Å². The molecule has 1 rings (SSSR count). The fourth-order valence-corrected chi connectivity index (χ4v) is 1.98. The van der Waals surface area contributed by atoms with Crippen molar-refractivity contribution >= 4 is 0 Å². The molecule has 4 heteroatoms. The highest BCUT2D eigenvalue weighted by Gasteiger charge is 2.22. The van der Waals surface area contributed by atoms with Crippen molar-refractivity contribution in [3.8, 4) is 0 Å². The summed E-state index contributed by atoms with van der Waals surface area (Å²) in [4.78, 5) is 6.36. The van der Waals surface area contributed by atoms with Gasteiger partial charge in [-0.1, -0.05) is 6.07 Å². The summed E-state index contributed by atoms with van der Waals surface area (Å²) in [5.74, 6) is 0. The highest BCUT2D eigenvalue weighted by atomic mass is 16.3. The maximum absolute atomic E-state index is 9.40. The van der Waals surface area contributed by atoms with Crippen LogP contribution in [-0.4, -0.2) is 40.7 Å². The molecule has 0 radical (unpaired) electrons.